The van der Waals surface area contributed by atoms with Gasteiger partial charge in [-0.05, 0) is 47.1 Å². The van der Waals surface area contributed by atoms with Crippen molar-refractivity contribution in [3.05, 3.63) is 23.0 Å². The molecule has 0 saturated carbocycles. The van der Waals surface area contributed by atoms with E-state index in [0.29, 0.717) is 24.6 Å². The normalized spacial score (nSPS) is 20.5. The molecule has 0 radical (unpaired) electrons. The molecule has 1 fully saturated rings. The molecule has 6 heteroatoms. The van der Waals surface area contributed by atoms with Gasteiger partial charge in [-0.25, -0.2) is 8.42 Å². The zero-order chi connectivity index (χ0) is 16.7. The van der Waals surface area contributed by atoms with Crippen LogP contribution < -0.4 is 0 Å². The molecular weight excluding hydrogens is 300 g/mol. The second-order valence-electron chi connectivity index (χ2n) is 6.40. The number of aromatic nitrogens is 1. The van der Waals surface area contributed by atoms with Crippen LogP contribution >= 0.6 is 0 Å². The Morgan fingerprint density at radius 2 is 2.05 bits per heavy atom. The first kappa shape index (κ1) is 17.1. The summed E-state index contributed by atoms with van der Waals surface area (Å²) in [5, 5.41) is 0. The molecule has 0 spiro atoms. The second kappa shape index (κ2) is 6.07. The molecule has 0 aliphatic carbocycles. The SMILES string of the molecule is CCN(C(=O)c1cc(C)n(C(C)C)c1C)C1CCS(=O)(=O)C1. The molecule has 2 rings (SSSR count). The molecule has 1 amide bonds. The monoisotopic (exact) mass is 326 g/mol. The van der Waals surface area contributed by atoms with Crippen LogP contribution in [-0.2, 0) is 9.84 Å². The minimum absolute atomic E-state index is 0.0513. The maximum absolute atomic E-state index is 12.9. The largest absolute Gasteiger partial charge is 0.346 e. The van der Waals surface area contributed by atoms with Crippen LogP contribution in [0.25, 0.3) is 0 Å². The number of amides is 1. The van der Waals surface area contributed by atoms with E-state index in [2.05, 4.69) is 18.4 Å². The van der Waals surface area contributed by atoms with Gasteiger partial charge in [0.25, 0.3) is 5.91 Å². The van der Waals surface area contributed by atoms with Gasteiger partial charge in [0.1, 0.15) is 0 Å². The third-order valence-electron chi connectivity index (χ3n) is 4.48. The summed E-state index contributed by atoms with van der Waals surface area (Å²) in [6.07, 6.45) is 0.546. The molecule has 1 aliphatic rings. The summed E-state index contributed by atoms with van der Waals surface area (Å²) < 4.78 is 25.5. The predicted octanol–water partition coefficient (Wildman–Crippen LogP) is 2.34. The van der Waals surface area contributed by atoms with Gasteiger partial charge in [0.05, 0.1) is 17.1 Å². The van der Waals surface area contributed by atoms with E-state index in [4.69, 9.17) is 0 Å². The van der Waals surface area contributed by atoms with Gasteiger partial charge in [-0.1, -0.05) is 0 Å². The molecule has 1 atom stereocenters. The summed E-state index contributed by atoms with van der Waals surface area (Å²) in [5.41, 5.74) is 2.71. The smallest absolute Gasteiger partial charge is 0.255 e. The molecule has 124 valence electrons. The summed E-state index contributed by atoms with van der Waals surface area (Å²) in [6, 6.07) is 2.03. The van der Waals surface area contributed by atoms with Crippen molar-refractivity contribution < 1.29 is 13.2 Å². The number of sulfone groups is 1. The zero-order valence-corrected chi connectivity index (χ0v) is 14.9. The van der Waals surface area contributed by atoms with Crippen molar-refractivity contribution in [3.8, 4) is 0 Å². The maximum atomic E-state index is 12.9. The molecular formula is C16H26N2O3S. The first-order chi connectivity index (χ1) is 10.2. The Bertz CT molecular complexity index is 674. The molecule has 1 aromatic rings. The van der Waals surface area contributed by atoms with E-state index in [-0.39, 0.29) is 23.5 Å². The van der Waals surface area contributed by atoms with Gasteiger partial charge in [0.15, 0.2) is 9.84 Å². The zero-order valence-electron chi connectivity index (χ0n) is 14.1. The number of aryl methyl sites for hydroxylation is 1. The third-order valence-corrected chi connectivity index (χ3v) is 6.23. The number of carbonyl (C=O) groups excluding carboxylic acids is 1. The molecule has 2 heterocycles. The van der Waals surface area contributed by atoms with Gasteiger partial charge in [-0.15, -0.1) is 0 Å². The van der Waals surface area contributed by atoms with Crippen LogP contribution in [0.3, 0.4) is 0 Å². The summed E-state index contributed by atoms with van der Waals surface area (Å²) in [7, 11) is -2.99. The minimum atomic E-state index is -2.99. The van der Waals surface area contributed by atoms with Crippen LogP contribution in [0.15, 0.2) is 6.07 Å². The summed E-state index contributed by atoms with van der Waals surface area (Å²) in [4.78, 5) is 14.6. The number of rotatable bonds is 4. The maximum Gasteiger partial charge on any atom is 0.255 e. The molecule has 1 saturated heterocycles. The van der Waals surface area contributed by atoms with Gasteiger partial charge < -0.3 is 9.47 Å². The summed E-state index contributed by atoms with van der Waals surface area (Å²) in [5.74, 6) is 0.228. The summed E-state index contributed by atoms with van der Waals surface area (Å²) >= 11 is 0. The van der Waals surface area contributed by atoms with Crippen LogP contribution in [0.2, 0.25) is 0 Å². The van der Waals surface area contributed by atoms with E-state index in [1.54, 1.807) is 4.90 Å². The number of hydrogen-bond donors (Lipinski definition) is 0. The van der Waals surface area contributed by atoms with Crippen molar-refractivity contribution in [2.75, 3.05) is 18.1 Å². The molecule has 1 aliphatic heterocycles. The van der Waals surface area contributed by atoms with Gasteiger partial charge in [0.2, 0.25) is 0 Å². The molecule has 1 unspecified atom stereocenters. The fourth-order valence-corrected chi connectivity index (χ4v) is 5.26. The Kier molecular flexibility index (Phi) is 4.70. The van der Waals surface area contributed by atoms with Crippen molar-refractivity contribution in [2.24, 2.45) is 0 Å². The lowest BCUT2D eigenvalue weighted by molar-refractivity contribution is 0.0707. The van der Waals surface area contributed by atoms with E-state index in [9.17, 15) is 13.2 Å². The van der Waals surface area contributed by atoms with Crippen molar-refractivity contribution in [1.29, 1.82) is 0 Å². The highest BCUT2D eigenvalue weighted by atomic mass is 32.2. The highest BCUT2D eigenvalue weighted by Gasteiger charge is 2.35. The van der Waals surface area contributed by atoms with E-state index >= 15 is 0 Å². The van der Waals surface area contributed by atoms with Crippen LogP contribution in [0.1, 0.15) is 55.0 Å². The minimum Gasteiger partial charge on any atom is -0.346 e. The van der Waals surface area contributed by atoms with Crippen LogP contribution in [-0.4, -0.2) is 47.9 Å². The van der Waals surface area contributed by atoms with Gasteiger partial charge in [0, 0.05) is 30.0 Å². The quantitative estimate of drug-likeness (QED) is 0.853. The van der Waals surface area contributed by atoms with E-state index in [0.717, 1.165) is 11.4 Å². The number of carbonyl (C=O) groups is 1. The highest BCUT2D eigenvalue weighted by Crippen LogP contribution is 2.24. The topological polar surface area (TPSA) is 59.4 Å². The van der Waals surface area contributed by atoms with Crippen molar-refractivity contribution >= 4 is 15.7 Å². The van der Waals surface area contributed by atoms with Crippen molar-refractivity contribution in [2.45, 2.75) is 53.1 Å². The van der Waals surface area contributed by atoms with Gasteiger partial charge in [-0.3, -0.25) is 4.79 Å². The van der Waals surface area contributed by atoms with Crippen LogP contribution in [0.5, 0.6) is 0 Å². The molecule has 0 aromatic carbocycles. The Labute approximate surface area is 133 Å². The standard InChI is InChI=1S/C16H26N2O3S/c1-6-17(14-7-8-22(20,21)10-14)16(19)15-9-12(4)18(11(2)3)13(15)5/h9,11,14H,6-8,10H2,1-5H3. The second-order valence-corrected chi connectivity index (χ2v) is 8.63. The lowest BCUT2D eigenvalue weighted by atomic mass is 10.1. The first-order valence-corrected chi connectivity index (χ1v) is 9.70. The van der Waals surface area contributed by atoms with Gasteiger partial charge in [-0.2, -0.15) is 0 Å². The van der Waals surface area contributed by atoms with Crippen molar-refractivity contribution in [1.82, 2.24) is 9.47 Å². The van der Waals surface area contributed by atoms with E-state index < -0.39 is 9.84 Å². The lowest BCUT2D eigenvalue weighted by Gasteiger charge is -2.27. The molecule has 0 N–H and O–H groups in total. The fourth-order valence-electron chi connectivity index (χ4n) is 3.53. The van der Waals surface area contributed by atoms with Crippen LogP contribution in [0.4, 0.5) is 0 Å². The van der Waals surface area contributed by atoms with Crippen molar-refractivity contribution in [3.63, 3.8) is 0 Å². The summed E-state index contributed by atoms with van der Waals surface area (Å²) in [6.45, 7) is 10.6. The average molecular weight is 326 g/mol. The Balaban J connectivity index is 2.32. The highest BCUT2D eigenvalue weighted by molar-refractivity contribution is 7.91. The molecule has 5 nitrogen and oxygen atoms in total. The Morgan fingerprint density at radius 3 is 2.45 bits per heavy atom. The molecule has 0 bridgehead atoms. The number of hydrogen-bond acceptors (Lipinski definition) is 3. The third kappa shape index (κ3) is 3.07. The Morgan fingerprint density at radius 1 is 1.41 bits per heavy atom. The van der Waals surface area contributed by atoms with E-state index in [1.807, 2.05) is 26.8 Å². The fraction of sp³-hybridized carbons (Fsp3) is 0.688. The number of nitrogens with zero attached hydrogens (tertiary/aromatic N) is 2. The molecule has 22 heavy (non-hydrogen) atoms. The van der Waals surface area contributed by atoms with Gasteiger partial charge >= 0.3 is 0 Å². The Hall–Kier alpha value is -1.30. The van der Waals surface area contributed by atoms with E-state index in [1.165, 1.54) is 0 Å². The van der Waals surface area contributed by atoms with Crippen LogP contribution in [0, 0.1) is 13.8 Å². The molecule has 1 aromatic heterocycles. The lowest BCUT2D eigenvalue weighted by Crippen LogP contribution is -2.41. The first-order valence-electron chi connectivity index (χ1n) is 7.87. The predicted molar refractivity (Wildman–Crippen MR) is 88.1 cm³/mol. The average Bonchev–Trinajstić information content (AvgIpc) is 2.90.